The summed E-state index contributed by atoms with van der Waals surface area (Å²) in [5.74, 6) is 0. The lowest BCUT2D eigenvalue weighted by Crippen LogP contribution is -2.49. The fourth-order valence-corrected chi connectivity index (χ4v) is 3.55. The maximum absolute atomic E-state index is 12.2. The fourth-order valence-electron chi connectivity index (χ4n) is 3.55. The summed E-state index contributed by atoms with van der Waals surface area (Å²) in [4.78, 5) is 14.7. The molecule has 2 amide bonds. The number of rotatable bonds is 6. The molecule has 1 saturated heterocycles. The Kier molecular flexibility index (Phi) is 5.18. The van der Waals surface area contributed by atoms with E-state index in [-0.39, 0.29) is 24.7 Å². The van der Waals surface area contributed by atoms with Crippen molar-refractivity contribution in [1.29, 1.82) is 0 Å². The molecule has 1 aliphatic carbocycles. The number of amides is 2. The van der Waals surface area contributed by atoms with Crippen molar-refractivity contribution < 1.29 is 9.90 Å². The minimum atomic E-state index is -0.254. The number of carbonyl (C=O) groups is 1. The standard InChI is InChI=1S/C18H27N3O2/c1-13-9-15(11-21(13)17-7-8-17)19-18(23)20-16(12-22)10-14-5-3-2-4-6-14/h2-6,13,15-17,22H,7-12H2,1H3,(H2,19,20,23)/t13-,15+,16+/m1/s1. The Morgan fingerprint density at radius 3 is 2.74 bits per heavy atom. The van der Waals surface area contributed by atoms with Gasteiger partial charge in [0.1, 0.15) is 0 Å². The summed E-state index contributed by atoms with van der Waals surface area (Å²) < 4.78 is 0. The summed E-state index contributed by atoms with van der Waals surface area (Å²) >= 11 is 0. The van der Waals surface area contributed by atoms with E-state index in [4.69, 9.17) is 0 Å². The van der Waals surface area contributed by atoms with Gasteiger partial charge in [-0.1, -0.05) is 30.3 Å². The minimum Gasteiger partial charge on any atom is -0.394 e. The van der Waals surface area contributed by atoms with Crippen molar-refractivity contribution in [2.45, 2.75) is 56.8 Å². The average molecular weight is 317 g/mol. The molecule has 5 heteroatoms. The molecule has 0 aromatic heterocycles. The smallest absolute Gasteiger partial charge is 0.315 e. The second-order valence-electron chi connectivity index (χ2n) is 6.90. The first-order valence-electron chi connectivity index (χ1n) is 8.63. The summed E-state index contributed by atoms with van der Waals surface area (Å²) in [5, 5.41) is 15.5. The topological polar surface area (TPSA) is 64.6 Å². The molecule has 3 N–H and O–H groups in total. The van der Waals surface area contributed by atoms with Crippen molar-refractivity contribution in [3.05, 3.63) is 35.9 Å². The Hall–Kier alpha value is -1.59. The highest BCUT2D eigenvalue weighted by Gasteiger charge is 2.39. The first-order valence-corrected chi connectivity index (χ1v) is 8.63. The van der Waals surface area contributed by atoms with Gasteiger partial charge in [0.2, 0.25) is 0 Å². The van der Waals surface area contributed by atoms with Gasteiger partial charge < -0.3 is 15.7 Å². The molecule has 0 spiro atoms. The van der Waals surface area contributed by atoms with Gasteiger partial charge in [-0.25, -0.2) is 4.79 Å². The monoisotopic (exact) mass is 317 g/mol. The molecule has 2 aliphatic rings. The molecular formula is C18H27N3O2. The van der Waals surface area contributed by atoms with E-state index in [9.17, 15) is 9.90 Å². The van der Waals surface area contributed by atoms with E-state index >= 15 is 0 Å². The first-order chi connectivity index (χ1) is 11.2. The third-order valence-corrected chi connectivity index (χ3v) is 4.85. The van der Waals surface area contributed by atoms with E-state index < -0.39 is 0 Å². The highest BCUT2D eigenvalue weighted by atomic mass is 16.3. The van der Waals surface area contributed by atoms with Crippen LogP contribution in [0.4, 0.5) is 4.79 Å². The maximum atomic E-state index is 12.2. The molecule has 23 heavy (non-hydrogen) atoms. The summed E-state index contributed by atoms with van der Waals surface area (Å²) in [6.07, 6.45) is 4.24. The van der Waals surface area contributed by atoms with Crippen LogP contribution in [0.3, 0.4) is 0 Å². The Morgan fingerprint density at radius 1 is 1.35 bits per heavy atom. The van der Waals surface area contributed by atoms with Gasteiger partial charge in [0.05, 0.1) is 12.6 Å². The summed E-state index contributed by atoms with van der Waals surface area (Å²) in [6.45, 7) is 3.13. The van der Waals surface area contributed by atoms with Crippen LogP contribution in [-0.2, 0) is 6.42 Å². The van der Waals surface area contributed by atoms with E-state index in [2.05, 4.69) is 22.5 Å². The van der Waals surface area contributed by atoms with E-state index in [1.165, 1.54) is 12.8 Å². The van der Waals surface area contributed by atoms with Crippen LogP contribution in [0.1, 0.15) is 31.7 Å². The predicted molar refractivity (Wildman–Crippen MR) is 90.3 cm³/mol. The zero-order valence-corrected chi connectivity index (χ0v) is 13.7. The molecule has 0 radical (unpaired) electrons. The van der Waals surface area contributed by atoms with Crippen molar-refractivity contribution in [3.8, 4) is 0 Å². The van der Waals surface area contributed by atoms with Gasteiger partial charge in [-0.05, 0) is 38.2 Å². The molecule has 126 valence electrons. The average Bonchev–Trinajstić information content (AvgIpc) is 3.31. The van der Waals surface area contributed by atoms with Crippen molar-refractivity contribution in [1.82, 2.24) is 15.5 Å². The molecule has 5 nitrogen and oxygen atoms in total. The summed E-state index contributed by atoms with van der Waals surface area (Å²) in [5.41, 5.74) is 1.11. The zero-order valence-electron chi connectivity index (χ0n) is 13.7. The van der Waals surface area contributed by atoms with Gasteiger partial charge >= 0.3 is 6.03 Å². The molecule has 0 bridgehead atoms. The third-order valence-electron chi connectivity index (χ3n) is 4.85. The van der Waals surface area contributed by atoms with Crippen molar-refractivity contribution in [3.63, 3.8) is 0 Å². The van der Waals surface area contributed by atoms with Crippen LogP contribution in [0.25, 0.3) is 0 Å². The van der Waals surface area contributed by atoms with E-state index in [1.54, 1.807) is 0 Å². The zero-order chi connectivity index (χ0) is 16.2. The van der Waals surface area contributed by atoms with Gasteiger partial charge in [0.25, 0.3) is 0 Å². The van der Waals surface area contributed by atoms with Crippen LogP contribution in [0.5, 0.6) is 0 Å². The molecule has 1 aliphatic heterocycles. The van der Waals surface area contributed by atoms with Crippen LogP contribution in [0.2, 0.25) is 0 Å². The number of likely N-dealkylation sites (tertiary alicyclic amines) is 1. The number of hydrogen-bond donors (Lipinski definition) is 3. The third kappa shape index (κ3) is 4.45. The number of benzene rings is 1. The van der Waals surface area contributed by atoms with Crippen LogP contribution in [0, 0.1) is 0 Å². The van der Waals surface area contributed by atoms with Gasteiger partial charge in [-0.3, -0.25) is 4.90 Å². The predicted octanol–water partition coefficient (Wildman–Crippen LogP) is 1.51. The quantitative estimate of drug-likeness (QED) is 0.745. The lowest BCUT2D eigenvalue weighted by Gasteiger charge is -2.20. The number of carbonyl (C=O) groups excluding carboxylic acids is 1. The molecule has 1 heterocycles. The summed E-state index contributed by atoms with van der Waals surface area (Å²) in [7, 11) is 0. The lowest BCUT2D eigenvalue weighted by molar-refractivity contribution is 0.212. The Balaban J connectivity index is 1.46. The van der Waals surface area contributed by atoms with Crippen LogP contribution < -0.4 is 10.6 Å². The van der Waals surface area contributed by atoms with Crippen LogP contribution in [0.15, 0.2) is 30.3 Å². The molecule has 3 rings (SSSR count). The molecule has 1 saturated carbocycles. The van der Waals surface area contributed by atoms with Crippen LogP contribution >= 0.6 is 0 Å². The highest BCUT2D eigenvalue weighted by molar-refractivity contribution is 5.74. The number of hydrogen-bond acceptors (Lipinski definition) is 3. The number of nitrogens with zero attached hydrogens (tertiary/aromatic N) is 1. The molecular weight excluding hydrogens is 290 g/mol. The van der Waals surface area contributed by atoms with Crippen molar-refractivity contribution in [2.24, 2.45) is 0 Å². The van der Waals surface area contributed by atoms with Gasteiger partial charge in [-0.2, -0.15) is 0 Å². The van der Waals surface area contributed by atoms with Crippen molar-refractivity contribution >= 4 is 6.03 Å². The molecule has 1 aromatic carbocycles. The number of aliphatic hydroxyl groups excluding tert-OH is 1. The number of nitrogens with one attached hydrogen (secondary N) is 2. The maximum Gasteiger partial charge on any atom is 0.315 e. The molecule has 2 fully saturated rings. The number of aliphatic hydroxyl groups is 1. The first kappa shape index (κ1) is 16.3. The van der Waals surface area contributed by atoms with E-state index in [0.29, 0.717) is 12.5 Å². The Morgan fingerprint density at radius 2 is 2.09 bits per heavy atom. The minimum absolute atomic E-state index is 0.0580. The summed E-state index contributed by atoms with van der Waals surface area (Å²) in [6, 6.07) is 11.0. The highest BCUT2D eigenvalue weighted by Crippen LogP contribution is 2.33. The Labute approximate surface area is 138 Å². The van der Waals surface area contributed by atoms with Crippen LogP contribution in [-0.4, -0.2) is 53.4 Å². The lowest BCUT2D eigenvalue weighted by atomic mass is 10.1. The SMILES string of the molecule is C[C@@H]1C[C@H](NC(=O)N[C@H](CO)Cc2ccccc2)CN1C1CC1. The van der Waals surface area contributed by atoms with Gasteiger partial charge in [0, 0.05) is 24.7 Å². The second-order valence-corrected chi connectivity index (χ2v) is 6.90. The molecule has 1 aromatic rings. The largest absolute Gasteiger partial charge is 0.394 e. The van der Waals surface area contributed by atoms with Crippen molar-refractivity contribution in [2.75, 3.05) is 13.2 Å². The normalized spacial score (nSPS) is 26.0. The fraction of sp³-hybridized carbons (Fsp3) is 0.611. The van der Waals surface area contributed by atoms with Gasteiger partial charge in [0.15, 0.2) is 0 Å². The molecule has 0 unspecified atom stereocenters. The molecule has 3 atom stereocenters. The number of urea groups is 1. The van der Waals surface area contributed by atoms with Gasteiger partial charge in [-0.15, -0.1) is 0 Å². The second kappa shape index (κ2) is 7.32. The van der Waals surface area contributed by atoms with E-state index in [1.807, 2.05) is 30.3 Å². The Bertz CT molecular complexity index is 518. The van der Waals surface area contributed by atoms with E-state index in [0.717, 1.165) is 24.6 Å².